The van der Waals surface area contributed by atoms with Crippen LogP contribution in [0.4, 0.5) is 28.2 Å². The number of halogens is 4. The maximum atomic E-state index is 15.3. The number of ether oxygens (including phenoxy) is 3. The van der Waals surface area contributed by atoms with E-state index in [-0.39, 0.29) is 35.3 Å². The van der Waals surface area contributed by atoms with Crippen molar-refractivity contribution in [3.05, 3.63) is 42.1 Å². The van der Waals surface area contributed by atoms with Crippen LogP contribution < -0.4 is 14.4 Å². The molecule has 3 fully saturated rings. The lowest BCUT2D eigenvalue weighted by molar-refractivity contribution is -0.153. The molecule has 0 saturated carbocycles. The van der Waals surface area contributed by atoms with Gasteiger partial charge in [-0.15, -0.1) is 0 Å². The summed E-state index contributed by atoms with van der Waals surface area (Å²) < 4.78 is 74.6. The summed E-state index contributed by atoms with van der Waals surface area (Å²) in [6, 6.07) is 5.39. The Hall–Kier alpha value is -4.66. The lowest BCUT2D eigenvalue weighted by atomic mass is 9.72. The maximum Gasteiger partial charge on any atom is 0.422 e. The van der Waals surface area contributed by atoms with E-state index in [2.05, 4.69) is 21.7 Å². The number of carbonyl (C=O) groups excluding carboxylic acids is 1. The number of anilines is 1. The topological polar surface area (TPSA) is 109 Å². The Morgan fingerprint density at radius 1 is 1.09 bits per heavy atom. The second-order valence-electron chi connectivity index (χ2n) is 15.6. The van der Waals surface area contributed by atoms with Gasteiger partial charge in [0.1, 0.15) is 29.2 Å². The Morgan fingerprint density at radius 3 is 2.49 bits per heavy atom. The molecule has 2 aromatic carbocycles. The highest BCUT2D eigenvalue weighted by atomic mass is 19.4. The van der Waals surface area contributed by atoms with Crippen LogP contribution in [0.2, 0.25) is 0 Å². The number of amides is 1. The van der Waals surface area contributed by atoms with Crippen molar-refractivity contribution in [3.8, 4) is 22.9 Å². The van der Waals surface area contributed by atoms with E-state index in [4.69, 9.17) is 24.2 Å². The summed E-state index contributed by atoms with van der Waals surface area (Å²) in [6.07, 6.45) is -2.10. The second-order valence-corrected chi connectivity index (χ2v) is 15.6. The van der Waals surface area contributed by atoms with E-state index in [0.29, 0.717) is 77.9 Å². The first kappa shape index (κ1) is 36.7. The van der Waals surface area contributed by atoms with Gasteiger partial charge in [-0.05, 0) is 76.4 Å². The second kappa shape index (κ2) is 13.6. The van der Waals surface area contributed by atoms with E-state index < -0.39 is 30.7 Å². The van der Waals surface area contributed by atoms with E-state index >= 15 is 4.39 Å². The van der Waals surface area contributed by atoms with Crippen LogP contribution >= 0.6 is 0 Å². The Balaban J connectivity index is 1.33. The van der Waals surface area contributed by atoms with Crippen LogP contribution in [0.5, 0.6) is 11.8 Å². The summed E-state index contributed by atoms with van der Waals surface area (Å²) in [4.78, 5) is 27.9. The molecule has 2 unspecified atom stereocenters. The van der Waals surface area contributed by atoms with Crippen LogP contribution in [0.15, 0.2) is 31.0 Å². The summed E-state index contributed by atoms with van der Waals surface area (Å²) in [5.74, 6) is 0.330. The Bertz CT molecular complexity index is 2030. The number of fused-ring (bicyclic) bond motifs is 2. The van der Waals surface area contributed by atoms with Crippen molar-refractivity contribution in [2.24, 2.45) is 5.41 Å². The molecule has 7 rings (SSSR count). The molecule has 53 heavy (non-hydrogen) atoms. The first-order valence-electron chi connectivity index (χ1n) is 17.9. The zero-order valence-electron chi connectivity index (χ0n) is 30.6. The minimum Gasteiger partial charge on any atom is -0.481 e. The normalized spacial score (nSPS) is 20.8. The average molecular weight is 740 g/mol. The zero-order valence-corrected chi connectivity index (χ0v) is 30.6. The fourth-order valence-corrected chi connectivity index (χ4v) is 7.72. The molecule has 1 N–H and O–H groups in total. The summed E-state index contributed by atoms with van der Waals surface area (Å²) in [5.41, 5.74) is 2.39. The molecule has 15 heteroatoms. The monoisotopic (exact) mass is 739 g/mol. The summed E-state index contributed by atoms with van der Waals surface area (Å²) >= 11 is 0. The smallest absolute Gasteiger partial charge is 0.422 e. The third-order valence-electron chi connectivity index (χ3n) is 10.4. The van der Waals surface area contributed by atoms with Gasteiger partial charge < -0.3 is 28.9 Å². The minimum atomic E-state index is -4.66. The third-order valence-corrected chi connectivity index (χ3v) is 10.4. The number of aryl methyl sites for hydroxylation is 1. The lowest BCUT2D eigenvalue weighted by Gasteiger charge is -2.53. The van der Waals surface area contributed by atoms with Gasteiger partial charge >= 0.3 is 18.3 Å². The third kappa shape index (κ3) is 7.44. The number of nitrogens with one attached hydrogen (secondary N) is 1. The largest absolute Gasteiger partial charge is 0.481 e. The molecule has 5 heterocycles. The number of H-pyrrole nitrogens is 1. The SMILES string of the molecule is C=Cc1cc2c(N3CCC4(CC3)CN(C(=O)OC(C)(C)C)C4)nc(OC3CCN(C)CC3F)nc2c(OCC(F)(F)F)c1-c1c(C)ccc2[nH]ncc12. The van der Waals surface area contributed by atoms with E-state index in [1.54, 1.807) is 17.2 Å². The zero-order chi connectivity index (χ0) is 37.9. The van der Waals surface area contributed by atoms with E-state index in [1.807, 2.05) is 57.8 Å². The van der Waals surface area contributed by atoms with Gasteiger partial charge in [0.15, 0.2) is 12.4 Å². The highest BCUT2D eigenvalue weighted by molar-refractivity contribution is 6.07. The van der Waals surface area contributed by atoms with Gasteiger partial charge in [0.05, 0.1) is 11.7 Å². The van der Waals surface area contributed by atoms with Gasteiger partial charge in [-0.1, -0.05) is 18.7 Å². The molecule has 1 spiro atoms. The Morgan fingerprint density at radius 2 is 1.83 bits per heavy atom. The van der Waals surface area contributed by atoms with Gasteiger partial charge in [-0.2, -0.15) is 28.2 Å². The number of aromatic amines is 1. The standard InChI is InChI=1S/C38H45F4N7O4/c1-7-23-16-24-31(32(51-21-38(40,41)42)30(23)29-22(2)8-9-27-25(29)17-43-46-27)44-34(52-28-10-13-47(6)18-26(28)39)45-33(24)48-14-11-37(12-15-48)19-49(20-37)35(50)53-36(3,4)5/h7-9,16-17,26,28H,1,10-15,18-21H2,2-6H3,(H,43,46). The van der Waals surface area contributed by atoms with Crippen molar-refractivity contribution in [1.29, 1.82) is 0 Å². The van der Waals surface area contributed by atoms with Crippen LogP contribution in [0.3, 0.4) is 0 Å². The van der Waals surface area contributed by atoms with Crippen molar-refractivity contribution in [1.82, 2.24) is 30.0 Å². The highest BCUT2D eigenvalue weighted by Gasteiger charge is 2.48. The van der Waals surface area contributed by atoms with Gasteiger partial charge in [0.2, 0.25) is 0 Å². The van der Waals surface area contributed by atoms with Gasteiger partial charge in [-0.3, -0.25) is 5.10 Å². The maximum absolute atomic E-state index is 15.3. The number of rotatable bonds is 7. The summed E-state index contributed by atoms with van der Waals surface area (Å²) in [7, 11) is 1.83. The fourth-order valence-electron chi connectivity index (χ4n) is 7.72. The molecule has 3 aliphatic rings. The molecule has 3 saturated heterocycles. The molecule has 11 nitrogen and oxygen atoms in total. The average Bonchev–Trinajstić information content (AvgIpc) is 3.55. The number of benzene rings is 2. The van der Waals surface area contributed by atoms with Crippen LogP contribution in [-0.2, 0) is 4.74 Å². The number of alkyl halides is 4. The van der Waals surface area contributed by atoms with Crippen LogP contribution in [-0.4, -0.2) is 113 Å². The molecule has 2 atom stereocenters. The molecule has 2 aromatic heterocycles. The van der Waals surface area contributed by atoms with Crippen molar-refractivity contribution in [2.75, 3.05) is 57.8 Å². The first-order valence-corrected chi connectivity index (χ1v) is 17.9. The number of hydrogen-bond acceptors (Lipinski definition) is 9. The minimum absolute atomic E-state index is 0.0909. The molecule has 0 bridgehead atoms. The molecule has 1 amide bonds. The van der Waals surface area contributed by atoms with Crippen LogP contribution in [0, 0.1) is 12.3 Å². The number of nitrogens with zero attached hydrogens (tertiary/aromatic N) is 6. The van der Waals surface area contributed by atoms with E-state index in [0.717, 1.165) is 18.4 Å². The van der Waals surface area contributed by atoms with Gasteiger partial charge in [-0.25, -0.2) is 9.18 Å². The number of likely N-dealkylation sites (tertiary alicyclic amines) is 2. The van der Waals surface area contributed by atoms with Crippen LogP contribution in [0.25, 0.3) is 39.0 Å². The number of piperidine rings is 2. The Labute approximate surface area is 305 Å². The number of carbonyl (C=O) groups is 1. The summed E-state index contributed by atoms with van der Waals surface area (Å²) in [5, 5.41) is 8.26. The van der Waals surface area contributed by atoms with Crippen molar-refractivity contribution >= 4 is 39.8 Å². The van der Waals surface area contributed by atoms with Gasteiger partial charge in [0.25, 0.3) is 0 Å². The number of aromatic nitrogens is 4. The van der Waals surface area contributed by atoms with Crippen molar-refractivity contribution < 1.29 is 36.6 Å². The Kier molecular flexibility index (Phi) is 9.44. The first-order chi connectivity index (χ1) is 25.0. The summed E-state index contributed by atoms with van der Waals surface area (Å²) in [6.45, 7) is 12.8. The fraction of sp³-hybridized carbons (Fsp3) is 0.526. The predicted molar refractivity (Wildman–Crippen MR) is 194 cm³/mol. The van der Waals surface area contributed by atoms with Gasteiger partial charge in [0, 0.05) is 67.4 Å². The van der Waals surface area contributed by atoms with Crippen molar-refractivity contribution in [3.63, 3.8) is 0 Å². The highest BCUT2D eigenvalue weighted by Crippen LogP contribution is 2.48. The molecule has 0 radical (unpaired) electrons. The molecular weight excluding hydrogens is 694 g/mol. The molecular formula is C38H45F4N7O4. The lowest BCUT2D eigenvalue weighted by Crippen LogP contribution is -2.62. The van der Waals surface area contributed by atoms with E-state index in [1.165, 1.54) is 0 Å². The quantitative estimate of drug-likeness (QED) is 0.195. The van der Waals surface area contributed by atoms with E-state index in [9.17, 15) is 18.0 Å². The molecule has 4 aromatic rings. The van der Waals surface area contributed by atoms with Crippen molar-refractivity contribution in [2.45, 2.75) is 71.0 Å². The predicted octanol–water partition coefficient (Wildman–Crippen LogP) is 7.32. The molecule has 3 aliphatic heterocycles. The molecule has 284 valence electrons. The molecule has 0 aliphatic carbocycles. The number of hydrogen-bond donors (Lipinski definition) is 1. The van der Waals surface area contributed by atoms with Crippen LogP contribution in [0.1, 0.15) is 51.2 Å².